The molecule has 14 heteroatoms. The van der Waals surface area contributed by atoms with Crippen LogP contribution in [0.2, 0.25) is 5.02 Å². The molecule has 42 heavy (non-hydrogen) atoms. The summed E-state index contributed by atoms with van der Waals surface area (Å²) in [6.45, 7) is 1.51. The van der Waals surface area contributed by atoms with Crippen molar-refractivity contribution in [3.8, 4) is 0 Å². The summed E-state index contributed by atoms with van der Waals surface area (Å²) < 4.78 is 72.4. The number of anilines is 1. The lowest BCUT2D eigenvalue weighted by atomic mass is 9.71. The van der Waals surface area contributed by atoms with Crippen LogP contribution in [-0.4, -0.2) is 55.3 Å². The number of rotatable bonds is 9. The number of hydrogen-bond donors (Lipinski definition) is 3. The third kappa shape index (κ3) is 6.28. The molecule has 0 aromatic heterocycles. The van der Waals surface area contributed by atoms with E-state index in [0.717, 1.165) is 6.07 Å². The summed E-state index contributed by atoms with van der Waals surface area (Å²) in [5.41, 5.74) is -1.78. The van der Waals surface area contributed by atoms with E-state index in [0.29, 0.717) is 25.0 Å². The second-order valence-electron chi connectivity index (χ2n) is 10.8. The molecule has 2 aromatic rings. The van der Waals surface area contributed by atoms with Crippen molar-refractivity contribution in [3.63, 3.8) is 0 Å². The van der Waals surface area contributed by atoms with Crippen molar-refractivity contribution in [1.29, 1.82) is 0 Å². The van der Waals surface area contributed by atoms with Crippen LogP contribution < -0.4 is 10.6 Å². The van der Waals surface area contributed by atoms with E-state index in [9.17, 15) is 41.1 Å². The Morgan fingerprint density at radius 2 is 1.69 bits per heavy atom. The summed E-state index contributed by atoms with van der Waals surface area (Å²) in [4.78, 5) is 36.4. The van der Waals surface area contributed by atoms with E-state index in [1.165, 1.54) is 26.2 Å². The average Bonchev–Trinajstić information content (AvgIpc) is 3.09. The van der Waals surface area contributed by atoms with E-state index in [1.807, 2.05) is 0 Å². The first-order valence-corrected chi connectivity index (χ1v) is 15.2. The molecule has 228 valence electrons. The molecule has 2 bridgehead atoms. The molecule has 3 unspecified atom stereocenters. The number of aliphatic hydroxyl groups is 1. The second kappa shape index (κ2) is 12.2. The molecule has 0 saturated heterocycles. The molecule has 3 N–H and O–H groups in total. The second-order valence-corrected chi connectivity index (χ2v) is 13.4. The highest BCUT2D eigenvalue weighted by Crippen LogP contribution is 2.54. The smallest absolute Gasteiger partial charge is 0.407 e. The Hall–Kier alpha value is -3.16. The Kier molecular flexibility index (Phi) is 9.24. The first kappa shape index (κ1) is 31.8. The zero-order valence-corrected chi connectivity index (χ0v) is 24.3. The third-order valence-corrected chi connectivity index (χ3v) is 11.0. The molecule has 2 amide bonds. The fourth-order valence-corrected chi connectivity index (χ4v) is 8.40. The minimum Gasteiger partial charge on any atom is -0.453 e. The number of hydrogen-bond acceptors (Lipinski definition) is 7. The highest BCUT2D eigenvalue weighted by atomic mass is 35.5. The van der Waals surface area contributed by atoms with Gasteiger partial charge in [-0.25, -0.2) is 26.4 Å². The van der Waals surface area contributed by atoms with E-state index in [2.05, 4.69) is 15.4 Å². The lowest BCUT2D eigenvalue weighted by molar-refractivity contribution is -0.124. The summed E-state index contributed by atoms with van der Waals surface area (Å²) in [7, 11) is -2.92. The quantitative estimate of drug-likeness (QED) is 0.338. The van der Waals surface area contributed by atoms with Crippen LogP contribution in [0.5, 0.6) is 0 Å². The molecule has 0 aliphatic heterocycles. The van der Waals surface area contributed by atoms with Crippen molar-refractivity contribution >= 4 is 44.9 Å². The molecule has 2 aliphatic carbocycles. The monoisotopic (exact) mass is 630 g/mol. The molecular formula is C28H30ClF3N2O7S. The van der Waals surface area contributed by atoms with Gasteiger partial charge >= 0.3 is 6.09 Å². The van der Waals surface area contributed by atoms with E-state index in [4.69, 9.17) is 11.6 Å². The number of amides is 2. The minimum atomic E-state index is -4.10. The summed E-state index contributed by atoms with van der Waals surface area (Å²) >= 11 is 6.25. The van der Waals surface area contributed by atoms with Gasteiger partial charge in [-0.15, -0.1) is 0 Å². The highest BCUT2D eigenvalue weighted by Gasteiger charge is 2.55. The van der Waals surface area contributed by atoms with Gasteiger partial charge in [0.05, 0.1) is 33.9 Å². The van der Waals surface area contributed by atoms with Crippen molar-refractivity contribution in [1.82, 2.24) is 5.32 Å². The maximum absolute atomic E-state index is 13.7. The predicted octanol–water partition coefficient (Wildman–Crippen LogP) is 4.80. The Bertz CT molecular complexity index is 1480. The largest absolute Gasteiger partial charge is 0.453 e. The van der Waals surface area contributed by atoms with Crippen LogP contribution in [0.1, 0.15) is 55.8 Å². The van der Waals surface area contributed by atoms with Crippen LogP contribution in [0.25, 0.3) is 0 Å². The average molecular weight is 631 g/mol. The van der Waals surface area contributed by atoms with Crippen molar-refractivity contribution in [2.24, 2.45) is 11.8 Å². The Morgan fingerprint density at radius 3 is 2.26 bits per heavy atom. The van der Waals surface area contributed by atoms with Crippen molar-refractivity contribution in [2.45, 2.75) is 67.2 Å². The van der Waals surface area contributed by atoms with Crippen LogP contribution in [-0.2, 0) is 19.4 Å². The lowest BCUT2D eigenvalue weighted by Crippen LogP contribution is -2.49. The van der Waals surface area contributed by atoms with Gasteiger partial charge in [-0.2, -0.15) is 0 Å². The van der Waals surface area contributed by atoms with Gasteiger partial charge in [0.1, 0.15) is 0 Å². The van der Waals surface area contributed by atoms with Crippen LogP contribution in [0.3, 0.4) is 0 Å². The number of methoxy groups -OCH3 is 1. The number of sulfone groups is 1. The fourth-order valence-electron chi connectivity index (χ4n) is 6.00. The number of Topliss-reactive ketones (excluding diaryl/α,β-unsaturated/α-hetero) is 1. The summed E-state index contributed by atoms with van der Waals surface area (Å²) in [5, 5.41) is 15.1. The zero-order valence-electron chi connectivity index (χ0n) is 22.8. The molecule has 0 heterocycles. The number of ketones is 1. The molecule has 2 aromatic carbocycles. The van der Waals surface area contributed by atoms with E-state index >= 15 is 0 Å². The van der Waals surface area contributed by atoms with E-state index in [1.54, 1.807) is 0 Å². The topological polar surface area (TPSA) is 139 Å². The van der Waals surface area contributed by atoms with Crippen molar-refractivity contribution in [2.75, 3.05) is 12.4 Å². The molecule has 5 atom stereocenters. The van der Waals surface area contributed by atoms with Crippen molar-refractivity contribution < 1.29 is 45.8 Å². The number of ether oxygens (including phenoxy) is 1. The van der Waals surface area contributed by atoms with E-state index < -0.39 is 68.0 Å². The van der Waals surface area contributed by atoms with Crippen molar-refractivity contribution in [3.05, 3.63) is 58.4 Å². The number of alkyl carbamates (subject to hydrolysis) is 1. The van der Waals surface area contributed by atoms with Crippen LogP contribution in [0.4, 0.5) is 23.7 Å². The summed E-state index contributed by atoms with van der Waals surface area (Å²) in [5.74, 6) is -6.70. The molecule has 2 saturated carbocycles. The summed E-state index contributed by atoms with van der Waals surface area (Å²) in [6, 6.07) is 3.89. The van der Waals surface area contributed by atoms with Gasteiger partial charge in [0, 0.05) is 29.8 Å². The van der Waals surface area contributed by atoms with Gasteiger partial charge in [0.15, 0.2) is 33.1 Å². The van der Waals surface area contributed by atoms with Gasteiger partial charge in [-0.1, -0.05) is 11.6 Å². The first-order valence-electron chi connectivity index (χ1n) is 13.3. The number of carbonyl (C=O) groups is 3. The number of benzene rings is 2. The SMILES string of the molecule is COC(=O)N[C@@H](C)C(=O)CCC1(O)C2CC[C@H]1CC(S(=O)(=O)c1cc(C(=O)Nc3cc(F)c(F)c(F)c3)ccc1Cl)C2. The van der Waals surface area contributed by atoms with Gasteiger partial charge in [0.25, 0.3) is 5.91 Å². The van der Waals surface area contributed by atoms with Crippen LogP contribution in [0, 0.1) is 29.3 Å². The van der Waals surface area contributed by atoms with Gasteiger partial charge in [-0.05, 0) is 69.1 Å². The number of halogens is 4. The fraction of sp³-hybridized carbons (Fsp3) is 0.464. The Balaban J connectivity index is 1.48. The molecule has 2 fully saturated rings. The summed E-state index contributed by atoms with van der Waals surface area (Å²) in [6.07, 6.45) is 0.704. The normalized spacial score (nSPS) is 24.1. The van der Waals surface area contributed by atoms with Crippen LogP contribution >= 0.6 is 11.6 Å². The molecule has 0 radical (unpaired) electrons. The lowest BCUT2D eigenvalue weighted by Gasteiger charge is -2.42. The Labute approximate surface area is 245 Å². The Morgan fingerprint density at radius 1 is 1.10 bits per heavy atom. The molecule has 9 nitrogen and oxygen atoms in total. The van der Waals surface area contributed by atoms with Crippen LogP contribution in [0.15, 0.2) is 35.2 Å². The predicted molar refractivity (Wildman–Crippen MR) is 146 cm³/mol. The number of nitrogens with one attached hydrogen (secondary N) is 2. The third-order valence-electron chi connectivity index (χ3n) is 8.33. The van der Waals surface area contributed by atoms with Gasteiger partial charge in [0.2, 0.25) is 0 Å². The molecule has 4 rings (SSSR count). The minimum absolute atomic E-state index is 0.0169. The molecular weight excluding hydrogens is 601 g/mol. The maximum Gasteiger partial charge on any atom is 0.407 e. The number of carbonyl (C=O) groups excluding carboxylic acids is 3. The molecule has 2 aliphatic rings. The highest BCUT2D eigenvalue weighted by molar-refractivity contribution is 7.92. The maximum atomic E-state index is 13.7. The molecule has 0 spiro atoms. The van der Waals surface area contributed by atoms with Gasteiger partial charge < -0.3 is 20.5 Å². The van der Waals surface area contributed by atoms with Gasteiger partial charge in [-0.3, -0.25) is 9.59 Å². The standard InChI is InChI=1S/C28H30ClF3N2O7S/c1-14(33-27(37)41-2)23(35)7-8-28(38)16-4-5-17(28)11-19(10-16)42(39,40)24-9-15(3-6-20(24)29)26(36)34-18-12-21(30)25(32)22(31)13-18/h3,6,9,12-14,16-17,19,38H,4-5,7-8,10-11H2,1-2H3,(H,33,37)(H,34,36)/t14-,16-,17?,19?,28?/m0/s1. The number of fused-ring (bicyclic) bond motifs is 2. The zero-order chi connectivity index (χ0) is 31.0. The first-order chi connectivity index (χ1) is 19.7. The van der Waals surface area contributed by atoms with E-state index in [-0.39, 0.29) is 52.6 Å².